The molecule has 2 rings (SSSR count). The third-order valence-electron chi connectivity index (χ3n) is 2.91. The Hall–Kier alpha value is -2.69. The first-order chi connectivity index (χ1) is 9.00. The van der Waals surface area contributed by atoms with Crippen LogP contribution in [0.15, 0.2) is 42.5 Å². The molecule has 19 heavy (non-hydrogen) atoms. The van der Waals surface area contributed by atoms with E-state index in [0.717, 1.165) is 5.56 Å². The van der Waals surface area contributed by atoms with E-state index in [1.807, 2.05) is 6.07 Å². The zero-order valence-electron chi connectivity index (χ0n) is 10.2. The van der Waals surface area contributed by atoms with E-state index in [4.69, 9.17) is 5.11 Å². The fourth-order valence-corrected chi connectivity index (χ4v) is 1.91. The zero-order chi connectivity index (χ0) is 14.0. The lowest BCUT2D eigenvalue weighted by atomic mass is 9.98. The average molecular weight is 257 g/mol. The van der Waals surface area contributed by atoms with Crippen LogP contribution in [0.1, 0.15) is 15.9 Å². The molecule has 5 heteroatoms. The molecule has 2 aromatic carbocycles. The number of hydrogen-bond donors (Lipinski definition) is 1. The maximum atomic E-state index is 11.2. The van der Waals surface area contributed by atoms with Gasteiger partial charge in [0.25, 0.3) is 5.69 Å². The molecule has 0 aliphatic rings. The van der Waals surface area contributed by atoms with Crippen molar-refractivity contribution >= 4 is 11.7 Å². The number of nitro benzene ring substituents is 1. The number of rotatable bonds is 3. The number of nitrogens with zero attached hydrogens (tertiary/aromatic N) is 1. The van der Waals surface area contributed by atoms with E-state index < -0.39 is 10.9 Å². The minimum atomic E-state index is -1.17. The molecule has 0 spiro atoms. The molecule has 0 aliphatic heterocycles. The molecule has 0 fully saturated rings. The van der Waals surface area contributed by atoms with Crippen LogP contribution in [0.4, 0.5) is 5.69 Å². The van der Waals surface area contributed by atoms with Crippen molar-refractivity contribution in [3.63, 3.8) is 0 Å². The van der Waals surface area contributed by atoms with Crippen molar-refractivity contribution in [1.82, 2.24) is 0 Å². The second-order valence-corrected chi connectivity index (χ2v) is 4.10. The number of benzene rings is 2. The predicted octanol–water partition coefficient (Wildman–Crippen LogP) is 3.27. The van der Waals surface area contributed by atoms with Gasteiger partial charge < -0.3 is 5.11 Å². The predicted molar refractivity (Wildman–Crippen MR) is 70.2 cm³/mol. The number of carboxylic acid groups (broad SMARTS) is 1. The van der Waals surface area contributed by atoms with Crippen molar-refractivity contribution < 1.29 is 14.8 Å². The fraction of sp³-hybridized carbons (Fsp3) is 0.0714. The van der Waals surface area contributed by atoms with Gasteiger partial charge in [-0.3, -0.25) is 10.1 Å². The van der Waals surface area contributed by atoms with Crippen LogP contribution in [0.5, 0.6) is 0 Å². The Morgan fingerprint density at radius 3 is 2.32 bits per heavy atom. The monoisotopic (exact) mass is 257 g/mol. The molecular weight excluding hydrogens is 246 g/mol. The molecule has 0 amide bonds. The zero-order valence-corrected chi connectivity index (χ0v) is 10.2. The van der Waals surface area contributed by atoms with Crippen LogP contribution >= 0.6 is 0 Å². The maximum Gasteiger partial charge on any atom is 0.336 e. The third-order valence-corrected chi connectivity index (χ3v) is 2.91. The van der Waals surface area contributed by atoms with Crippen molar-refractivity contribution in [2.45, 2.75) is 6.92 Å². The van der Waals surface area contributed by atoms with Gasteiger partial charge in [-0.25, -0.2) is 4.79 Å². The van der Waals surface area contributed by atoms with Crippen molar-refractivity contribution in [3.8, 4) is 11.1 Å². The highest BCUT2D eigenvalue weighted by molar-refractivity contribution is 5.92. The van der Waals surface area contributed by atoms with Crippen molar-refractivity contribution in [1.29, 1.82) is 0 Å². The van der Waals surface area contributed by atoms with E-state index in [2.05, 4.69) is 0 Å². The molecule has 0 bridgehead atoms. The van der Waals surface area contributed by atoms with Crippen LogP contribution in [0.3, 0.4) is 0 Å². The van der Waals surface area contributed by atoms with Crippen LogP contribution in [0.25, 0.3) is 11.1 Å². The molecular formula is C14H11NO4. The largest absolute Gasteiger partial charge is 0.478 e. The molecule has 0 aliphatic carbocycles. The molecule has 0 heterocycles. The van der Waals surface area contributed by atoms with Crippen LogP contribution in [-0.2, 0) is 0 Å². The minimum Gasteiger partial charge on any atom is -0.478 e. The van der Waals surface area contributed by atoms with Crippen molar-refractivity contribution in [2.75, 3.05) is 0 Å². The van der Waals surface area contributed by atoms with Crippen molar-refractivity contribution in [3.05, 3.63) is 63.7 Å². The smallest absolute Gasteiger partial charge is 0.336 e. The van der Waals surface area contributed by atoms with E-state index in [1.165, 1.54) is 19.1 Å². The molecule has 0 saturated carbocycles. The lowest BCUT2D eigenvalue weighted by Gasteiger charge is -2.07. The highest BCUT2D eigenvalue weighted by Crippen LogP contribution is 2.29. The van der Waals surface area contributed by atoms with Gasteiger partial charge in [-0.15, -0.1) is 0 Å². The number of carboxylic acids is 1. The molecule has 0 aromatic heterocycles. The van der Waals surface area contributed by atoms with Gasteiger partial charge in [0.05, 0.1) is 10.5 Å². The van der Waals surface area contributed by atoms with E-state index in [0.29, 0.717) is 5.56 Å². The Kier molecular flexibility index (Phi) is 3.29. The lowest BCUT2D eigenvalue weighted by Crippen LogP contribution is -2.03. The van der Waals surface area contributed by atoms with Crippen molar-refractivity contribution in [2.24, 2.45) is 0 Å². The summed E-state index contributed by atoms with van der Waals surface area (Å²) in [5.74, 6) is -1.17. The SMILES string of the molecule is Cc1c(C(=O)O)cc(-c2ccccc2)cc1[N+](=O)[O-]. The summed E-state index contributed by atoms with van der Waals surface area (Å²) >= 11 is 0. The van der Waals surface area contributed by atoms with Gasteiger partial charge in [-0.2, -0.15) is 0 Å². The second kappa shape index (κ2) is 4.89. The third kappa shape index (κ3) is 2.44. The lowest BCUT2D eigenvalue weighted by molar-refractivity contribution is -0.385. The van der Waals surface area contributed by atoms with Gasteiger partial charge in [0.1, 0.15) is 0 Å². The summed E-state index contributed by atoms with van der Waals surface area (Å²) in [6.45, 7) is 1.44. The fourth-order valence-electron chi connectivity index (χ4n) is 1.91. The quantitative estimate of drug-likeness (QED) is 0.675. The highest BCUT2D eigenvalue weighted by atomic mass is 16.6. The standard InChI is InChI=1S/C14H11NO4/c1-9-12(14(16)17)7-11(8-13(9)15(18)19)10-5-3-2-4-6-10/h2-8H,1H3,(H,16,17). The first kappa shape index (κ1) is 12.8. The van der Waals surface area contributed by atoms with Gasteiger partial charge in [-0.1, -0.05) is 30.3 Å². The number of carbonyl (C=O) groups is 1. The van der Waals surface area contributed by atoms with E-state index >= 15 is 0 Å². The topological polar surface area (TPSA) is 80.4 Å². The van der Waals surface area contributed by atoms with Gasteiger partial charge in [0.15, 0.2) is 0 Å². The molecule has 0 atom stereocenters. The summed E-state index contributed by atoms with van der Waals surface area (Å²) in [7, 11) is 0. The van der Waals surface area contributed by atoms with Crippen LogP contribution in [0.2, 0.25) is 0 Å². The molecule has 1 N–H and O–H groups in total. The second-order valence-electron chi connectivity index (χ2n) is 4.10. The summed E-state index contributed by atoms with van der Waals surface area (Å²) in [4.78, 5) is 21.6. The maximum absolute atomic E-state index is 11.2. The van der Waals surface area contributed by atoms with Crippen LogP contribution in [0, 0.1) is 17.0 Å². The van der Waals surface area contributed by atoms with E-state index in [9.17, 15) is 14.9 Å². The van der Waals surface area contributed by atoms with Gasteiger partial charge in [-0.05, 0) is 24.1 Å². The number of nitro groups is 1. The molecule has 0 unspecified atom stereocenters. The van der Waals surface area contributed by atoms with Gasteiger partial charge >= 0.3 is 5.97 Å². The Labute approximate surface area is 109 Å². The van der Waals surface area contributed by atoms with Gasteiger partial charge in [0, 0.05) is 11.6 Å². The molecule has 96 valence electrons. The van der Waals surface area contributed by atoms with Crippen LogP contribution < -0.4 is 0 Å². The number of aromatic carboxylic acids is 1. The first-order valence-electron chi connectivity index (χ1n) is 5.58. The average Bonchev–Trinajstić information content (AvgIpc) is 2.39. The summed E-state index contributed by atoms with van der Waals surface area (Å²) < 4.78 is 0. The Morgan fingerprint density at radius 2 is 1.79 bits per heavy atom. The summed E-state index contributed by atoms with van der Waals surface area (Å²) in [5.41, 5.74) is 1.20. The minimum absolute atomic E-state index is 0.0481. The van der Waals surface area contributed by atoms with Crippen LogP contribution in [-0.4, -0.2) is 16.0 Å². The van der Waals surface area contributed by atoms with E-state index in [-0.39, 0.29) is 16.8 Å². The van der Waals surface area contributed by atoms with E-state index in [1.54, 1.807) is 24.3 Å². The molecule has 5 nitrogen and oxygen atoms in total. The summed E-state index contributed by atoms with van der Waals surface area (Å²) in [6, 6.07) is 11.8. The van der Waals surface area contributed by atoms with Gasteiger partial charge in [0.2, 0.25) is 0 Å². The Bertz CT molecular complexity index is 615. The highest BCUT2D eigenvalue weighted by Gasteiger charge is 2.20. The Balaban J connectivity index is 2.70. The normalized spacial score (nSPS) is 10.2. The number of hydrogen-bond acceptors (Lipinski definition) is 3. The molecule has 0 radical (unpaired) electrons. The summed E-state index contributed by atoms with van der Waals surface area (Å²) in [5, 5.41) is 20.1. The molecule has 2 aromatic rings. The summed E-state index contributed by atoms with van der Waals surface area (Å²) in [6.07, 6.45) is 0. The Morgan fingerprint density at radius 1 is 1.16 bits per heavy atom. The first-order valence-corrected chi connectivity index (χ1v) is 5.58. The molecule has 0 saturated heterocycles.